The molecule has 4 heteroatoms. The maximum absolute atomic E-state index is 11.3. The molecule has 0 aromatic heterocycles. The highest BCUT2D eigenvalue weighted by Crippen LogP contribution is 2.19. The highest BCUT2D eigenvalue weighted by Gasteiger charge is 2.32. The third kappa shape index (κ3) is 1.59. The van der Waals surface area contributed by atoms with E-state index in [9.17, 15) is 4.79 Å². The van der Waals surface area contributed by atoms with E-state index < -0.39 is 0 Å². The molecule has 70 valence electrons. The fourth-order valence-corrected chi connectivity index (χ4v) is 1.60. The first kappa shape index (κ1) is 9.48. The summed E-state index contributed by atoms with van der Waals surface area (Å²) in [6.07, 6.45) is 1.57. The first-order valence-electron chi connectivity index (χ1n) is 4.34. The van der Waals surface area contributed by atoms with Crippen molar-refractivity contribution < 1.29 is 9.90 Å². The van der Waals surface area contributed by atoms with Crippen molar-refractivity contribution in [3.63, 3.8) is 0 Å². The Labute approximate surface area is 72.7 Å². The highest BCUT2D eigenvalue weighted by atomic mass is 16.3. The molecule has 1 rings (SSSR count). The molecule has 1 heterocycles. The number of hydrogen-bond donors (Lipinski definition) is 1. The van der Waals surface area contributed by atoms with Gasteiger partial charge in [-0.05, 0) is 6.42 Å². The van der Waals surface area contributed by atoms with Gasteiger partial charge in [0.2, 0.25) is 5.91 Å². The molecule has 1 N–H and O–H groups in total. The molecule has 1 saturated heterocycles. The number of nitrogens with zero attached hydrogens (tertiary/aromatic N) is 2. The molecule has 0 aromatic carbocycles. The molecule has 1 fully saturated rings. The summed E-state index contributed by atoms with van der Waals surface area (Å²) in [5, 5.41) is 12.2. The van der Waals surface area contributed by atoms with Gasteiger partial charge in [-0.15, -0.1) is 0 Å². The van der Waals surface area contributed by atoms with Crippen molar-refractivity contribution >= 4 is 5.91 Å². The first-order valence-corrected chi connectivity index (χ1v) is 4.34. The van der Waals surface area contributed by atoms with E-state index in [0.29, 0.717) is 19.0 Å². The van der Waals surface area contributed by atoms with E-state index in [1.807, 2.05) is 12.1 Å². The Hall–Kier alpha value is -0.610. The number of hydrazine groups is 1. The van der Waals surface area contributed by atoms with Gasteiger partial charge in [-0.25, -0.2) is 5.01 Å². The number of aliphatic hydroxyl groups excluding tert-OH is 1. The smallest absolute Gasteiger partial charge is 0.238 e. The Kier molecular flexibility index (Phi) is 3.05. The summed E-state index contributed by atoms with van der Waals surface area (Å²) in [5.41, 5.74) is 0. The summed E-state index contributed by atoms with van der Waals surface area (Å²) < 4.78 is 0. The minimum Gasteiger partial charge on any atom is -0.394 e. The van der Waals surface area contributed by atoms with Gasteiger partial charge in [0.25, 0.3) is 0 Å². The Balaban J connectivity index is 2.57. The molecular weight excluding hydrogens is 156 g/mol. The topological polar surface area (TPSA) is 43.8 Å². The zero-order valence-corrected chi connectivity index (χ0v) is 7.66. The van der Waals surface area contributed by atoms with Crippen LogP contribution in [0.3, 0.4) is 0 Å². The molecule has 0 spiro atoms. The van der Waals surface area contributed by atoms with E-state index in [1.165, 1.54) is 0 Å². The summed E-state index contributed by atoms with van der Waals surface area (Å²) in [6, 6.07) is 0.323. The quantitative estimate of drug-likeness (QED) is 0.643. The fraction of sp³-hybridized carbons (Fsp3) is 0.875. The number of aliphatic hydroxyl groups is 1. The zero-order valence-electron chi connectivity index (χ0n) is 7.66. The third-order valence-corrected chi connectivity index (χ3v) is 2.39. The van der Waals surface area contributed by atoms with E-state index in [4.69, 9.17) is 5.11 Å². The van der Waals surface area contributed by atoms with Crippen LogP contribution in [0.5, 0.6) is 0 Å². The van der Waals surface area contributed by atoms with Gasteiger partial charge in [0.15, 0.2) is 0 Å². The van der Waals surface area contributed by atoms with Crippen molar-refractivity contribution in [2.45, 2.75) is 25.8 Å². The van der Waals surface area contributed by atoms with Crippen molar-refractivity contribution in [3.8, 4) is 0 Å². The molecule has 0 aromatic rings. The standard InChI is InChI=1S/C8H16N2O2/c1-3-7-6-8(12)10(4-5-11)9(7)2/h7,11H,3-6H2,1-2H3. The highest BCUT2D eigenvalue weighted by molar-refractivity contribution is 5.78. The van der Waals surface area contributed by atoms with Crippen LogP contribution in [0.2, 0.25) is 0 Å². The second-order valence-corrected chi connectivity index (χ2v) is 3.08. The molecule has 0 radical (unpaired) electrons. The first-order chi connectivity index (χ1) is 5.70. The van der Waals surface area contributed by atoms with Crippen molar-refractivity contribution in [1.29, 1.82) is 0 Å². The normalized spacial score (nSPS) is 25.4. The molecule has 4 nitrogen and oxygen atoms in total. The lowest BCUT2D eigenvalue weighted by Crippen LogP contribution is -2.40. The molecule has 0 bridgehead atoms. The lowest BCUT2D eigenvalue weighted by molar-refractivity contribution is -0.138. The molecular formula is C8H16N2O2. The van der Waals surface area contributed by atoms with Crippen LogP contribution in [0.15, 0.2) is 0 Å². The molecule has 1 aliphatic heterocycles. The molecule has 1 atom stereocenters. The summed E-state index contributed by atoms with van der Waals surface area (Å²) in [6.45, 7) is 2.52. The molecule has 1 unspecified atom stereocenters. The van der Waals surface area contributed by atoms with Crippen LogP contribution in [0.4, 0.5) is 0 Å². The number of hydrogen-bond acceptors (Lipinski definition) is 3. The second-order valence-electron chi connectivity index (χ2n) is 3.08. The van der Waals surface area contributed by atoms with Gasteiger partial charge in [-0.3, -0.25) is 9.80 Å². The second kappa shape index (κ2) is 3.87. The van der Waals surface area contributed by atoms with Gasteiger partial charge >= 0.3 is 0 Å². The van der Waals surface area contributed by atoms with Crippen LogP contribution in [0.25, 0.3) is 0 Å². The number of rotatable bonds is 3. The molecule has 1 amide bonds. The lowest BCUT2D eigenvalue weighted by Gasteiger charge is -2.26. The minimum absolute atomic E-state index is 0.0342. The van der Waals surface area contributed by atoms with Crippen molar-refractivity contribution in [1.82, 2.24) is 10.0 Å². The van der Waals surface area contributed by atoms with E-state index in [0.717, 1.165) is 6.42 Å². The average Bonchev–Trinajstić information content (AvgIpc) is 2.32. The molecule has 0 aliphatic carbocycles. The number of carbonyl (C=O) groups is 1. The minimum atomic E-state index is 0.0342. The van der Waals surface area contributed by atoms with Gasteiger partial charge < -0.3 is 5.11 Å². The Morgan fingerprint density at radius 1 is 1.67 bits per heavy atom. The summed E-state index contributed by atoms with van der Waals surface area (Å²) in [7, 11) is 1.90. The van der Waals surface area contributed by atoms with Crippen LogP contribution in [-0.4, -0.2) is 47.3 Å². The molecule has 12 heavy (non-hydrogen) atoms. The summed E-state index contributed by atoms with van der Waals surface area (Å²) in [5.74, 6) is 0.124. The Bertz CT molecular complexity index is 172. The van der Waals surface area contributed by atoms with E-state index in [-0.39, 0.29) is 12.5 Å². The van der Waals surface area contributed by atoms with Gasteiger partial charge in [-0.2, -0.15) is 0 Å². The van der Waals surface area contributed by atoms with Crippen LogP contribution in [0, 0.1) is 0 Å². The summed E-state index contributed by atoms with van der Waals surface area (Å²) >= 11 is 0. The molecule has 1 aliphatic rings. The number of carbonyl (C=O) groups excluding carboxylic acids is 1. The van der Waals surface area contributed by atoms with Gasteiger partial charge in [0, 0.05) is 19.5 Å². The van der Waals surface area contributed by atoms with Gasteiger partial charge in [0.05, 0.1) is 13.2 Å². The van der Waals surface area contributed by atoms with E-state index >= 15 is 0 Å². The monoisotopic (exact) mass is 172 g/mol. The Morgan fingerprint density at radius 3 is 2.75 bits per heavy atom. The van der Waals surface area contributed by atoms with Gasteiger partial charge in [-0.1, -0.05) is 6.92 Å². The van der Waals surface area contributed by atoms with E-state index in [1.54, 1.807) is 5.01 Å². The number of amides is 1. The fourth-order valence-electron chi connectivity index (χ4n) is 1.60. The average molecular weight is 172 g/mol. The van der Waals surface area contributed by atoms with Crippen molar-refractivity contribution in [2.24, 2.45) is 0 Å². The summed E-state index contributed by atoms with van der Waals surface area (Å²) in [4.78, 5) is 11.3. The molecule has 0 saturated carbocycles. The van der Waals surface area contributed by atoms with Crippen LogP contribution < -0.4 is 0 Å². The maximum atomic E-state index is 11.3. The van der Waals surface area contributed by atoms with Crippen LogP contribution in [0.1, 0.15) is 19.8 Å². The Morgan fingerprint density at radius 2 is 2.33 bits per heavy atom. The van der Waals surface area contributed by atoms with Crippen LogP contribution in [-0.2, 0) is 4.79 Å². The van der Waals surface area contributed by atoms with Crippen LogP contribution >= 0.6 is 0 Å². The zero-order chi connectivity index (χ0) is 9.14. The van der Waals surface area contributed by atoms with Crippen molar-refractivity contribution in [3.05, 3.63) is 0 Å². The SMILES string of the molecule is CCC1CC(=O)N(CCO)N1C. The third-order valence-electron chi connectivity index (χ3n) is 2.39. The predicted molar refractivity (Wildman–Crippen MR) is 45.3 cm³/mol. The lowest BCUT2D eigenvalue weighted by atomic mass is 10.2. The largest absolute Gasteiger partial charge is 0.394 e. The van der Waals surface area contributed by atoms with E-state index in [2.05, 4.69) is 6.92 Å². The maximum Gasteiger partial charge on any atom is 0.238 e. The van der Waals surface area contributed by atoms with Crippen molar-refractivity contribution in [2.75, 3.05) is 20.2 Å². The van der Waals surface area contributed by atoms with Gasteiger partial charge in [0.1, 0.15) is 0 Å². The predicted octanol–water partition coefficient (Wildman–Crippen LogP) is -0.164. The number of β-amino-alcohol motifs (C(OH)–C–C–N with tert-alkyl or cyclic N) is 1.